The van der Waals surface area contributed by atoms with Gasteiger partial charge in [-0.3, -0.25) is 0 Å². The van der Waals surface area contributed by atoms with Gasteiger partial charge in [-0.05, 0) is 33.4 Å². The fourth-order valence-electron chi connectivity index (χ4n) is 1.10. The first-order valence-corrected chi connectivity index (χ1v) is 5.83. The first-order chi connectivity index (χ1) is 7.45. The van der Waals surface area contributed by atoms with Gasteiger partial charge >= 0.3 is 0 Å². The Balaban J connectivity index is 3.99. The highest BCUT2D eigenvalue weighted by atomic mass is 16.5. The molecule has 3 nitrogen and oxygen atoms in total. The molecule has 0 aromatic carbocycles. The number of hydrogen-bond donors (Lipinski definition) is 1. The van der Waals surface area contributed by atoms with Crippen molar-refractivity contribution in [3.63, 3.8) is 0 Å². The van der Waals surface area contributed by atoms with Crippen molar-refractivity contribution in [3.05, 3.63) is 12.3 Å². The smallest absolute Gasteiger partial charge is 0.0736 e. The van der Waals surface area contributed by atoms with E-state index in [1.54, 1.807) is 0 Å². The molecule has 0 aromatic rings. The van der Waals surface area contributed by atoms with Crippen molar-refractivity contribution in [1.82, 2.24) is 5.32 Å². The third-order valence-corrected chi connectivity index (χ3v) is 1.92. The van der Waals surface area contributed by atoms with E-state index in [4.69, 9.17) is 17.3 Å². The molecular weight excluding hydrogens is 201 g/mol. The Morgan fingerprint density at radius 2 is 1.56 bits per heavy atom. The van der Waals surface area contributed by atoms with Crippen LogP contribution >= 0.6 is 0 Å². The standard InChI is InChI=1S/C12H24BNO2/c1-9(2)15-7-12(8-16-10(3)4)14-11(5)6-13/h9-10,12,14H,5-8H2,1-4H3. The zero-order valence-electron chi connectivity index (χ0n) is 11.0. The zero-order valence-corrected chi connectivity index (χ0v) is 11.0. The lowest BCUT2D eigenvalue weighted by atomic mass is 10.0. The van der Waals surface area contributed by atoms with Crippen LogP contribution < -0.4 is 5.32 Å². The van der Waals surface area contributed by atoms with Crippen molar-refractivity contribution >= 4 is 7.85 Å². The number of nitrogens with one attached hydrogen (secondary N) is 1. The minimum atomic E-state index is 0.112. The van der Waals surface area contributed by atoms with Crippen LogP contribution in [-0.4, -0.2) is 39.3 Å². The Morgan fingerprint density at radius 1 is 1.12 bits per heavy atom. The molecule has 0 rings (SSSR count). The van der Waals surface area contributed by atoms with Gasteiger partial charge < -0.3 is 14.8 Å². The van der Waals surface area contributed by atoms with Crippen molar-refractivity contribution in [2.45, 2.75) is 52.3 Å². The highest BCUT2D eigenvalue weighted by molar-refractivity contribution is 6.10. The molecule has 0 aliphatic carbocycles. The largest absolute Gasteiger partial charge is 0.382 e. The van der Waals surface area contributed by atoms with Crippen molar-refractivity contribution in [2.24, 2.45) is 0 Å². The number of ether oxygens (including phenoxy) is 2. The third-order valence-electron chi connectivity index (χ3n) is 1.92. The summed E-state index contributed by atoms with van der Waals surface area (Å²) in [7, 11) is 5.49. The van der Waals surface area contributed by atoms with Crippen LogP contribution in [0.5, 0.6) is 0 Å². The van der Waals surface area contributed by atoms with E-state index in [9.17, 15) is 0 Å². The lowest BCUT2D eigenvalue weighted by molar-refractivity contribution is 0.0139. The van der Waals surface area contributed by atoms with Gasteiger partial charge in [0.1, 0.15) is 0 Å². The van der Waals surface area contributed by atoms with Gasteiger partial charge in [-0.2, -0.15) is 0 Å². The summed E-state index contributed by atoms with van der Waals surface area (Å²) in [6.45, 7) is 13.1. The highest BCUT2D eigenvalue weighted by Crippen LogP contribution is 2.00. The summed E-state index contributed by atoms with van der Waals surface area (Å²) >= 11 is 0. The second-order valence-corrected chi connectivity index (χ2v) is 4.41. The van der Waals surface area contributed by atoms with E-state index >= 15 is 0 Å². The lowest BCUT2D eigenvalue weighted by Crippen LogP contribution is -2.38. The van der Waals surface area contributed by atoms with Gasteiger partial charge in [0.2, 0.25) is 0 Å². The maximum atomic E-state index is 5.56. The molecule has 0 aliphatic heterocycles. The SMILES string of the molecule is [B]CC(=C)NC(COC(C)C)COC(C)C. The summed E-state index contributed by atoms with van der Waals surface area (Å²) in [5.74, 6) is 0. The molecule has 2 radical (unpaired) electrons. The van der Waals surface area contributed by atoms with Crippen LogP contribution in [0.25, 0.3) is 0 Å². The van der Waals surface area contributed by atoms with Gasteiger partial charge in [0.25, 0.3) is 0 Å². The second kappa shape index (κ2) is 8.65. The predicted molar refractivity (Wildman–Crippen MR) is 68.8 cm³/mol. The molecule has 0 unspecified atom stereocenters. The first kappa shape index (κ1) is 15.5. The summed E-state index contributed by atoms with van der Waals surface area (Å²) in [6.07, 6.45) is 0.865. The topological polar surface area (TPSA) is 30.5 Å². The average molecular weight is 225 g/mol. The minimum absolute atomic E-state index is 0.112. The Bertz CT molecular complexity index is 183. The molecule has 0 saturated carbocycles. The Labute approximate surface area is 101 Å². The molecule has 0 heterocycles. The number of hydrogen-bond acceptors (Lipinski definition) is 3. The molecule has 0 fully saturated rings. The molecule has 0 aromatic heterocycles. The summed E-state index contributed by atoms with van der Waals surface area (Å²) in [5.41, 5.74) is 0.810. The monoisotopic (exact) mass is 225 g/mol. The van der Waals surface area contributed by atoms with E-state index in [1.807, 2.05) is 27.7 Å². The van der Waals surface area contributed by atoms with Gasteiger partial charge in [0, 0.05) is 0 Å². The maximum Gasteiger partial charge on any atom is 0.0736 e. The normalized spacial score (nSPS) is 11.4. The van der Waals surface area contributed by atoms with Crippen LogP contribution in [0.1, 0.15) is 27.7 Å². The van der Waals surface area contributed by atoms with E-state index in [0.29, 0.717) is 19.5 Å². The fraction of sp³-hybridized carbons (Fsp3) is 0.833. The number of allylic oxidation sites excluding steroid dienone is 1. The van der Waals surface area contributed by atoms with E-state index in [1.165, 1.54) is 0 Å². The van der Waals surface area contributed by atoms with E-state index < -0.39 is 0 Å². The fourth-order valence-corrected chi connectivity index (χ4v) is 1.10. The zero-order chi connectivity index (χ0) is 12.6. The second-order valence-electron chi connectivity index (χ2n) is 4.41. The number of rotatable bonds is 9. The van der Waals surface area contributed by atoms with Crippen LogP contribution in [0.15, 0.2) is 12.3 Å². The van der Waals surface area contributed by atoms with Crippen LogP contribution in [0.3, 0.4) is 0 Å². The molecule has 0 amide bonds. The summed E-state index contributed by atoms with van der Waals surface area (Å²) < 4.78 is 11.1. The molecule has 0 aliphatic rings. The molecule has 0 saturated heterocycles. The maximum absolute atomic E-state index is 5.56. The molecule has 1 N–H and O–H groups in total. The third kappa shape index (κ3) is 8.80. The molecule has 0 spiro atoms. The van der Waals surface area contributed by atoms with Crippen LogP contribution in [-0.2, 0) is 9.47 Å². The predicted octanol–water partition coefficient (Wildman–Crippen LogP) is 1.90. The van der Waals surface area contributed by atoms with Gasteiger partial charge in [0.15, 0.2) is 0 Å². The summed E-state index contributed by atoms with van der Waals surface area (Å²) in [5, 5.41) is 3.21. The van der Waals surface area contributed by atoms with Crippen LogP contribution in [0, 0.1) is 0 Å². The summed E-state index contributed by atoms with van der Waals surface area (Å²) in [6, 6.07) is 0.112. The van der Waals surface area contributed by atoms with Gasteiger partial charge in [-0.15, -0.1) is 0 Å². The van der Waals surface area contributed by atoms with Crippen molar-refractivity contribution < 1.29 is 9.47 Å². The van der Waals surface area contributed by atoms with Crippen LogP contribution in [0.4, 0.5) is 0 Å². The van der Waals surface area contributed by atoms with E-state index in [-0.39, 0.29) is 18.2 Å². The van der Waals surface area contributed by atoms with Gasteiger partial charge in [-0.1, -0.05) is 12.9 Å². The molecule has 0 atom stereocenters. The molecule has 16 heavy (non-hydrogen) atoms. The first-order valence-electron chi connectivity index (χ1n) is 5.83. The highest BCUT2D eigenvalue weighted by Gasteiger charge is 2.11. The average Bonchev–Trinajstić information content (AvgIpc) is 2.21. The van der Waals surface area contributed by atoms with Crippen molar-refractivity contribution in [2.75, 3.05) is 13.2 Å². The Morgan fingerprint density at radius 3 is 1.88 bits per heavy atom. The van der Waals surface area contributed by atoms with Crippen LogP contribution in [0.2, 0.25) is 6.32 Å². The minimum Gasteiger partial charge on any atom is -0.382 e. The quantitative estimate of drug-likeness (QED) is 0.608. The Hall–Kier alpha value is -0.475. The molecule has 4 heteroatoms. The molecular formula is C12H24BNO2. The van der Waals surface area contributed by atoms with Gasteiger partial charge in [-0.25, -0.2) is 0 Å². The van der Waals surface area contributed by atoms with E-state index in [0.717, 1.165) is 5.70 Å². The van der Waals surface area contributed by atoms with Gasteiger partial charge in [0.05, 0.1) is 39.3 Å². The van der Waals surface area contributed by atoms with E-state index in [2.05, 4.69) is 11.9 Å². The summed E-state index contributed by atoms with van der Waals surface area (Å²) in [4.78, 5) is 0. The Kier molecular flexibility index (Phi) is 8.39. The molecule has 92 valence electrons. The lowest BCUT2D eigenvalue weighted by Gasteiger charge is -2.23. The van der Waals surface area contributed by atoms with Crippen molar-refractivity contribution in [1.29, 1.82) is 0 Å². The molecule has 0 bridgehead atoms. The van der Waals surface area contributed by atoms with Crippen molar-refractivity contribution in [3.8, 4) is 0 Å².